The second-order valence-electron chi connectivity index (χ2n) is 5.18. The maximum absolute atomic E-state index is 13.6. The van der Waals surface area contributed by atoms with Gasteiger partial charge < -0.3 is 10.2 Å². The summed E-state index contributed by atoms with van der Waals surface area (Å²) in [7, 11) is 0. The Balaban J connectivity index is 2.31. The van der Waals surface area contributed by atoms with Gasteiger partial charge in [-0.05, 0) is 44.9 Å². The van der Waals surface area contributed by atoms with Gasteiger partial charge in [-0.25, -0.2) is 4.39 Å². The Morgan fingerprint density at radius 2 is 2.30 bits per heavy atom. The molecule has 1 aromatic carbocycles. The number of hydrogen-bond donors (Lipinski definition) is 1. The molecule has 1 aliphatic rings. The normalized spacial score (nSPS) is 18.2. The summed E-state index contributed by atoms with van der Waals surface area (Å²) in [6, 6.07) is 2.95. The first-order valence-electron chi connectivity index (χ1n) is 6.95. The topological polar surface area (TPSA) is 58.4 Å². The smallest absolute Gasteiger partial charge is 0.295 e. The van der Waals surface area contributed by atoms with Crippen LogP contribution < -0.4 is 10.2 Å². The lowest BCUT2D eigenvalue weighted by molar-refractivity contribution is -0.384. The minimum atomic E-state index is -0.532. The molecule has 110 valence electrons. The molecule has 0 radical (unpaired) electrons. The summed E-state index contributed by atoms with van der Waals surface area (Å²) in [5.74, 6) is -0.532. The Hall–Kier alpha value is -1.69. The van der Waals surface area contributed by atoms with Gasteiger partial charge in [0.15, 0.2) is 0 Å². The van der Waals surface area contributed by atoms with Crippen LogP contribution in [-0.2, 0) is 0 Å². The number of hydrogen-bond acceptors (Lipinski definition) is 4. The van der Waals surface area contributed by atoms with Gasteiger partial charge in [0.1, 0.15) is 11.5 Å². The van der Waals surface area contributed by atoms with Gasteiger partial charge in [-0.1, -0.05) is 0 Å². The van der Waals surface area contributed by atoms with Gasteiger partial charge in [-0.2, -0.15) is 0 Å². The number of nitrogens with zero attached hydrogens (tertiary/aromatic N) is 2. The molecule has 1 atom stereocenters. The number of halogens is 1. The first-order chi connectivity index (χ1) is 9.52. The van der Waals surface area contributed by atoms with Crippen LogP contribution in [0.2, 0.25) is 0 Å². The van der Waals surface area contributed by atoms with Crippen molar-refractivity contribution in [2.75, 3.05) is 24.5 Å². The summed E-state index contributed by atoms with van der Waals surface area (Å²) in [6.45, 7) is 5.95. The van der Waals surface area contributed by atoms with Gasteiger partial charge in [0.25, 0.3) is 5.69 Å². The first kappa shape index (κ1) is 14.7. The third-order valence-electron chi connectivity index (χ3n) is 3.78. The van der Waals surface area contributed by atoms with Crippen LogP contribution in [0.1, 0.15) is 25.3 Å². The van der Waals surface area contributed by atoms with Crippen LogP contribution in [0.4, 0.5) is 15.8 Å². The van der Waals surface area contributed by atoms with E-state index in [0.29, 0.717) is 30.4 Å². The van der Waals surface area contributed by atoms with Gasteiger partial charge >= 0.3 is 0 Å². The van der Waals surface area contributed by atoms with E-state index in [4.69, 9.17) is 0 Å². The van der Waals surface area contributed by atoms with Crippen molar-refractivity contribution in [1.29, 1.82) is 0 Å². The van der Waals surface area contributed by atoms with Crippen molar-refractivity contribution in [1.82, 2.24) is 5.32 Å². The summed E-state index contributed by atoms with van der Waals surface area (Å²) < 4.78 is 13.6. The van der Waals surface area contributed by atoms with Crippen molar-refractivity contribution < 1.29 is 9.31 Å². The third kappa shape index (κ3) is 3.07. The number of aryl methyl sites for hydroxylation is 1. The van der Waals surface area contributed by atoms with E-state index < -0.39 is 10.7 Å². The summed E-state index contributed by atoms with van der Waals surface area (Å²) in [5.41, 5.74) is 0.779. The molecule has 0 spiro atoms. The molecule has 1 aromatic rings. The van der Waals surface area contributed by atoms with Crippen LogP contribution in [0.3, 0.4) is 0 Å². The quantitative estimate of drug-likeness (QED) is 0.666. The zero-order chi connectivity index (χ0) is 14.7. The highest BCUT2D eigenvalue weighted by atomic mass is 19.1. The predicted octanol–water partition coefficient (Wildman–Crippen LogP) is 2.62. The summed E-state index contributed by atoms with van der Waals surface area (Å²) in [4.78, 5) is 12.6. The molecule has 0 amide bonds. The van der Waals surface area contributed by atoms with Crippen molar-refractivity contribution in [3.63, 3.8) is 0 Å². The van der Waals surface area contributed by atoms with Crippen LogP contribution in [0.25, 0.3) is 0 Å². The lowest BCUT2D eigenvalue weighted by Gasteiger charge is -2.26. The predicted molar refractivity (Wildman–Crippen MR) is 76.7 cm³/mol. The van der Waals surface area contributed by atoms with Gasteiger partial charge in [0.2, 0.25) is 0 Å². The molecule has 6 heteroatoms. The van der Waals surface area contributed by atoms with E-state index in [1.807, 2.05) is 11.8 Å². The molecule has 5 nitrogen and oxygen atoms in total. The molecule has 1 heterocycles. The standard InChI is InChI=1S/C14H20FN3O2/c1-3-17(9-11-5-4-6-16-11)13-7-10(2)12(15)8-14(13)18(19)20/h7-8,11,16H,3-6,9H2,1-2H3. The van der Waals surface area contributed by atoms with E-state index in [2.05, 4.69) is 5.32 Å². The van der Waals surface area contributed by atoms with Crippen LogP contribution in [0.15, 0.2) is 12.1 Å². The molecule has 0 aromatic heterocycles. The highest BCUT2D eigenvalue weighted by Crippen LogP contribution is 2.31. The molecule has 0 saturated carbocycles. The zero-order valence-corrected chi connectivity index (χ0v) is 11.9. The zero-order valence-electron chi connectivity index (χ0n) is 11.9. The molecule has 1 fully saturated rings. The third-order valence-corrected chi connectivity index (χ3v) is 3.78. The Labute approximate surface area is 117 Å². The van der Waals surface area contributed by atoms with Crippen molar-refractivity contribution in [2.45, 2.75) is 32.7 Å². The number of nitro groups is 1. The van der Waals surface area contributed by atoms with Crippen LogP contribution in [0.5, 0.6) is 0 Å². The number of anilines is 1. The van der Waals surface area contributed by atoms with E-state index >= 15 is 0 Å². The Morgan fingerprint density at radius 1 is 1.55 bits per heavy atom. The van der Waals surface area contributed by atoms with Gasteiger partial charge in [0, 0.05) is 19.1 Å². The Kier molecular flexibility index (Phi) is 4.54. The fraction of sp³-hybridized carbons (Fsp3) is 0.571. The molecule has 1 N–H and O–H groups in total. The van der Waals surface area contributed by atoms with Crippen molar-refractivity contribution in [3.8, 4) is 0 Å². The largest absolute Gasteiger partial charge is 0.365 e. The van der Waals surface area contributed by atoms with Gasteiger partial charge in [-0.3, -0.25) is 10.1 Å². The van der Waals surface area contributed by atoms with E-state index in [1.165, 1.54) is 0 Å². The molecule has 2 rings (SSSR count). The van der Waals surface area contributed by atoms with Crippen LogP contribution in [0, 0.1) is 22.9 Å². The summed E-state index contributed by atoms with van der Waals surface area (Å²) in [6.07, 6.45) is 2.21. The second kappa shape index (κ2) is 6.17. The molecule has 1 saturated heterocycles. The average molecular weight is 281 g/mol. The first-order valence-corrected chi connectivity index (χ1v) is 6.95. The van der Waals surface area contributed by atoms with Crippen LogP contribution >= 0.6 is 0 Å². The molecular weight excluding hydrogens is 261 g/mol. The number of benzene rings is 1. The van der Waals surface area contributed by atoms with Gasteiger partial charge in [-0.15, -0.1) is 0 Å². The lowest BCUT2D eigenvalue weighted by Crippen LogP contribution is -2.37. The molecule has 1 aliphatic heterocycles. The molecule has 20 heavy (non-hydrogen) atoms. The molecule has 1 unspecified atom stereocenters. The van der Waals surface area contributed by atoms with E-state index in [0.717, 1.165) is 25.5 Å². The summed E-state index contributed by atoms with van der Waals surface area (Å²) in [5, 5.41) is 14.5. The van der Waals surface area contributed by atoms with E-state index in [1.54, 1.807) is 13.0 Å². The average Bonchev–Trinajstić information content (AvgIpc) is 2.91. The van der Waals surface area contributed by atoms with E-state index in [9.17, 15) is 14.5 Å². The fourth-order valence-electron chi connectivity index (χ4n) is 2.63. The number of rotatable bonds is 5. The molecule has 0 bridgehead atoms. The number of nitrogens with one attached hydrogen (secondary N) is 1. The Bertz CT molecular complexity index is 501. The van der Waals surface area contributed by atoms with Crippen LogP contribution in [-0.4, -0.2) is 30.6 Å². The van der Waals surface area contributed by atoms with Crippen molar-refractivity contribution in [3.05, 3.63) is 33.6 Å². The maximum atomic E-state index is 13.6. The second-order valence-corrected chi connectivity index (χ2v) is 5.18. The highest BCUT2D eigenvalue weighted by molar-refractivity contribution is 5.64. The van der Waals surface area contributed by atoms with Crippen molar-refractivity contribution >= 4 is 11.4 Å². The fourth-order valence-corrected chi connectivity index (χ4v) is 2.63. The van der Waals surface area contributed by atoms with Gasteiger partial charge in [0.05, 0.1) is 11.0 Å². The molecule has 0 aliphatic carbocycles. The highest BCUT2D eigenvalue weighted by Gasteiger charge is 2.24. The summed E-state index contributed by atoms with van der Waals surface area (Å²) >= 11 is 0. The monoisotopic (exact) mass is 281 g/mol. The van der Waals surface area contributed by atoms with E-state index in [-0.39, 0.29) is 5.69 Å². The molecular formula is C14H20FN3O2. The number of likely N-dealkylation sites (N-methyl/N-ethyl adjacent to an activating group) is 1. The minimum absolute atomic E-state index is 0.159. The SMILES string of the molecule is CCN(CC1CCCN1)c1cc(C)c(F)cc1[N+](=O)[O-]. The van der Waals surface area contributed by atoms with Crippen molar-refractivity contribution in [2.24, 2.45) is 0 Å². The number of nitro benzene ring substituents is 1. The lowest BCUT2D eigenvalue weighted by atomic mass is 10.1. The minimum Gasteiger partial charge on any atom is -0.365 e. The maximum Gasteiger partial charge on any atom is 0.295 e. The Morgan fingerprint density at radius 3 is 2.85 bits per heavy atom.